The topological polar surface area (TPSA) is 93.1 Å². The van der Waals surface area contributed by atoms with E-state index in [1.54, 1.807) is 4.90 Å². The minimum Gasteiger partial charge on any atom is -0.494 e. The minimum atomic E-state index is -0.764. The lowest BCUT2D eigenvalue weighted by Crippen LogP contribution is -2.41. The van der Waals surface area contributed by atoms with E-state index in [0.29, 0.717) is 39.0 Å². The van der Waals surface area contributed by atoms with Crippen LogP contribution in [-0.2, 0) is 40.1 Å². The lowest BCUT2D eigenvalue weighted by Gasteiger charge is -2.35. The zero-order valence-electron chi connectivity index (χ0n) is 21.8. The lowest BCUT2D eigenvalue weighted by atomic mass is 9.79. The first-order valence-corrected chi connectivity index (χ1v) is 13.3. The molecule has 4 rings (SSSR count). The van der Waals surface area contributed by atoms with Gasteiger partial charge in [-0.15, -0.1) is 0 Å². The fourth-order valence-electron chi connectivity index (χ4n) is 5.59. The van der Waals surface area contributed by atoms with Crippen LogP contribution >= 0.6 is 0 Å². The molecule has 1 amide bonds. The van der Waals surface area contributed by atoms with Crippen molar-refractivity contribution in [2.24, 2.45) is 11.8 Å². The highest BCUT2D eigenvalue weighted by atomic mass is 16.6. The van der Waals surface area contributed by atoms with Crippen molar-refractivity contribution in [3.63, 3.8) is 0 Å². The summed E-state index contributed by atoms with van der Waals surface area (Å²) in [6.07, 6.45) is 3.45. The molecule has 1 heterocycles. The molecular formula is C30H37NO6. The number of fused-ring (bicyclic) bond motifs is 1. The van der Waals surface area contributed by atoms with Crippen molar-refractivity contribution in [2.75, 3.05) is 13.2 Å². The number of rotatable bonds is 9. The molecule has 1 aliphatic carbocycles. The number of benzene rings is 2. The van der Waals surface area contributed by atoms with Gasteiger partial charge in [0.2, 0.25) is 0 Å². The zero-order valence-corrected chi connectivity index (χ0v) is 21.8. The Morgan fingerprint density at radius 2 is 1.81 bits per heavy atom. The number of Topliss-reactive ketones (excluding diaryl/α,β-unsaturated/α-hetero) is 1. The van der Waals surface area contributed by atoms with Gasteiger partial charge in [0.25, 0.3) is 0 Å². The van der Waals surface area contributed by atoms with Crippen molar-refractivity contribution in [3.05, 3.63) is 64.7 Å². The molecule has 7 nitrogen and oxygen atoms in total. The van der Waals surface area contributed by atoms with Crippen LogP contribution in [0.4, 0.5) is 4.79 Å². The Balaban J connectivity index is 1.29. The smallest absolute Gasteiger partial charge is 0.410 e. The maximum absolute atomic E-state index is 12.9. The second kappa shape index (κ2) is 12.3. The third kappa shape index (κ3) is 7.34. The monoisotopic (exact) mass is 507 g/mol. The SMILES string of the molecule is CCOc1cccc(CC(=O)Cc2ccc3c(c2)CCN(C(=O)O[C@@H]2CC[C@@H](CC(=O)O)C[C@@H]2C)C3)c1. The summed E-state index contributed by atoms with van der Waals surface area (Å²) in [5, 5.41) is 9.05. The summed E-state index contributed by atoms with van der Waals surface area (Å²) in [6.45, 7) is 5.64. The Labute approximate surface area is 218 Å². The standard InChI is InChI=1S/C30H37NO6/c1-3-36-27-6-4-5-21(17-27)15-26(32)16-23-7-9-25-19-31(12-11-24(25)14-23)30(35)37-28-10-8-22(13-20(28)2)18-29(33)34/h4-7,9,14,17,20,22,28H,3,8,10-13,15-16,18-19H2,1-2H3,(H,33,34)/t20-,22+,28+/m0/s1. The Hall–Kier alpha value is -3.35. The Morgan fingerprint density at radius 3 is 2.54 bits per heavy atom. The van der Waals surface area contributed by atoms with Crippen molar-refractivity contribution in [1.82, 2.24) is 4.90 Å². The molecular weight excluding hydrogens is 470 g/mol. The van der Waals surface area contributed by atoms with E-state index >= 15 is 0 Å². The maximum atomic E-state index is 12.9. The molecule has 2 aliphatic rings. The summed E-state index contributed by atoms with van der Waals surface area (Å²) in [6, 6.07) is 13.8. The second-order valence-corrected chi connectivity index (χ2v) is 10.4. The molecule has 37 heavy (non-hydrogen) atoms. The second-order valence-electron chi connectivity index (χ2n) is 10.4. The Morgan fingerprint density at radius 1 is 1.03 bits per heavy atom. The zero-order chi connectivity index (χ0) is 26.4. The summed E-state index contributed by atoms with van der Waals surface area (Å²) in [5.41, 5.74) is 4.21. The molecule has 1 aliphatic heterocycles. The van der Waals surface area contributed by atoms with E-state index in [4.69, 9.17) is 14.6 Å². The van der Waals surface area contributed by atoms with Gasteiger partial charge in [-0.3, -0.25) is 9.59 Å². The molecule has 0 spiro atoms. The number of aliphatic carboxylic acids is 1. The highest BCUT2D eigenvalue weighted by molar-refractivity contribution is 5.83. The number of ketones is 1. The van der Waals surface area contributed by atoms with E-state index in [1.165, 1.54) is 5.56 Å². The van der Waals surface area contributed by atoms with Crippen LogP contribution in [0.1, 0.15) is 61.8 Å². The van der Waals surface area contributed by atoms with E-state index in [0.717, 1.165) is 41.7 Å². The molecule has 0 bridgehead atoms. The van der Waals surface area contributed by atoms with Gasteiger partial charge in [0, 0.05) is 32.4 Å². The fourth-order valence-corrected chi connectivity index (χ4v) is 5.59. The fraction of sp³-hybridized carbons (Fsp3) is 0.500. The van der Waals surface area contributed by atoms with E-state index in [-0.39, 0.29) is 36.2 Å². The molecule has 0 saturated heterocycles. The third-order valence-corrected chi connectivity index (χ3v) is 7.47. The highest BCUT2D eigenvalue weighted by Gasteiger charge is 2.33. The average Bonchev–Trinajstić information content (AvgIpc) is 2.85. The van der Waals surface area contributed by atoms with Crippen molar-refractivity contribution in [1.29, 1.82) is 0 Å². The number of carboxylic acids is 1. The highest BCUT2D eigenvalue weighted by Crippen LogP contribution is 2.33. The van der Waals surface area contributed by atoms with Gasteiger partial charge in [0.05, 0.1) is 6.61 Å². The normalized spacial score (nSPS) is 21.1. The molecule has 0 unspecified atom stereocenters. The molecule has 1 N–H and O–H groups in total. The summed E-state index contributed by atoms with van der Waals surface area (Å²) >= 11 is 0. The molecule has 2 aromatic carbocycles. The third-order valence-electron chi connectivity index (χ3n) is 7.47. The predicted molar refractivity (Wildman–Crippen MR) is 140 cm³/mol. The molecule has 1 fully saturated rings. The predicted octanol–water partition coefficient (Wildman–Crippen LogP) is 5.21. The number of hydrogen-bond acceptors (Lipinski definition) is 5. The first kappa shape index (κ1) is 26.7. The molecule has 3 atom stereocenters. The molecule has 7 heteroatoms. The maximum Gasteiger partial charge on any atom is 0.410 e. The molecule has 0 radical (unpaired) electrons. The Bertz CT molecular complexity index is 1130. The summed E-state index contributed by atoms with van der Waals surface area (Å²) in [5.74, 6) is 0.484. The molecule has 0 aromatic heterocycles. The number of ether oxygens (including phenoxy) is 2. The summed E-state index contributed by atoms with van der Waals surface area (Å²) < 4.78 is 11.4. The van der Waals surface area contributed by atoms with E-state index in [2.05, 4.69) is 6.07 Å². The van der Waals surface area contributed by atoms with Gasteiger partial charge < -0.3 is 19.5 Å². The van der Waals surface area contributed by atoms with Gasteiger partial charge >= 0.3 is 12.1 Å². The van der Waals surface area contributed by atoms with Crippen molar-refractivity contribution < 1.29 is 29.0 Å². The van der Waals surface area contributed by atoms with Crippen LogP contribution in [-0.4, -0.2) is 47.1 Å². The molecule has 2 aromatic rings. The number of carbonyl (C=O) groups excluding carboxylic acids is 2. The minimum absolute atomic E-state index is 0.154. The van der Waals surface area contributed by atoms with Crippen LogP contribution in [0.2, 0.25) is 0 Å². The average molecular weight is 508 g/mol. The summed E-state index contributed by atoms with van der Waals surface area (Å²) in [7, 11) is 0. The Kier molecular flexibility index (Phi) is 8.85. The number of carboxylic acid groups (broad SMARTS) is 1. The molecule has 1 saturated carbocycles. The first-order chi connectivity index (χ1) is 17.8. The van der Waals surface area contributed by atoms with Crippen molar-refractivity contribution in [2.45, 2.75) is 71.4 Å². The van der Waals surface area contributed by atoms with Crippen molar-refractivity contribution >= 4 is 17.8 Å². The van der Waals surface area contributed by atoms with Gasteiger partial charge in [0.1, 0.15) is 17.6 Å². The van der Waals surface area contributed by atoms with Gasteiger partial charge in [-0.2, -0.15) is 0 Å². The van der Waals surface area contributed by atoms with E-state index in [1.807, 2.05) is 50.2 Å². The van der Waals surface area contributed by atoms with Crippen LogP contribution in [0.25, 0.3) is 0 Å². The van der Waals surface area contributed by atoms with Gasteiger partial charge in [0.15, 0.2) is 0 Å². The molecule has 198 valence electrons. The van der Waals surface area contributed by atoms with Crippen LogP contribution in [0, 0.1) is 11.8 Å². The van der Waals surface area contributed by atoms with Crippen LogP contribution < -0.4 is 4.74 Å². The van der Waals surface area contributed by atoms with Gasteiger partial charge in [-0.05, 0) is 78.8 Å². The largest absolute Gasteiger partial charge is 0.494 e. The van der Waals surface area contributed by atoms with E-state index in [9.17, 15) is 14.4 Å². The van der Waals surface area contributed by atoms with Crippen LogP contribution in [0.3, 0.4) is 0 Å². The quantitative estimate of drug-likeness (QED) is 0.501. The number of carbonyl (C=O) groups is 3. The number of nitrogens with zero attached hydrogens (tertiary/aromatic N) is 1. The lowest BCUT2D eigenvalue weighted by molar-refractivity contribution is -0.138. The van der Waals surface area contributed by atoms with Crippen LogP contribution in [0.5, 0.6) is 5.75 Å². The number of hydrogen-bond donors (Lipinski definition) is 1. The van der Waals surface area contributed by atoms with Crippen LogP contribution in [0.15, 0.2) is 42.5 Å². The van der Waals surface area contributed by atoms with Crippen molar-refractivity contribution in [3.8, 4) is 5.75 Å². The summed E-state index contributed by atoms with van der Waals surface area (Å²) in [4.78, 5) is 38.3. The van der Waals surface area contributed by atoms with Gasteiger partial charge in [-0.25, -0.2) is 4.79 Å². The first-order valence-electron chi connectivity index (χ1n) is 13.3. The van der Waals surface area contributed by atoms with E-state index < -0.39 is 5.97 Å². The van der Waals surface area contributed by atoms with Gasteiger partial charge in [-0.1, -0.05) is 37.3 Å². The number of amides is 1.